The monoisotopic (exact) mass is 421 g/mol. The Kier molecular flexibility index (Phi) is 6.99. The Balaban J connectivity index is 1.65. The first-order chi connectivity index (χ1) is 14.6. The highest BCUT2D eigenvalue weighted by molar-refractivity contribution is 7.85. The van der Waals surface area contributed by atoms with Gasteiger partial charge in [0.05, 0.1) is 32.6 Å². The average Bonchev–Trinajstić information content (AvgIpc) is 3.11. The number of aromatic nitrogens is 2. The summed E-state index contributed by atoms with van der Waals surface area (Å²) in [6.07, 6.45) is 1.08. The van der Waals surface area contributed by atoms with Crippen LogP contribution >= 0.6 is 0 Å². The third kappa shape index (κ3) is 4.58. The van der Waals surface area contributed by atoms with E-state index in [9.17, 15) is 14.3 Å². The lowest BCUT2D eigenvalue weighted by Gasteiger charge is -2.09. The summed E-state index contributed by atoms with van der Waals surface area (Å²) in [5.74, 6) is 0.494. The standard InChI is InChI=1S/C22H23N5O2S/c1-2-30(29)20-13-7-6-11-17(20)22(28)25-14-8-12-19-18(15-23)21(24)27(26-19)16-9-4-3-5-10-16/h3-7,9-11,13H,2,8,12,14,24H2,1H3,(H,25,28). The minimum Gasteiger partial charge on any atom is -0.382 e. The van der Waals surface area contributed by atoms with Gasteiger partial charge < -0.3 is 11.1 Å². The molecule has 3 rings (SSSR count). The highest BCUT2D eigenvalue weighted by Crippen LogP contribution is 2.21. The van der Waals surface area contributed by atoms with Crippen molar-refractivity contribution in [2.45, 2.75) is 24.7 Å². The number of anilines is 1. The Morgan fingerprint density at radius 2 is 1.90 bits per heavy atom. The van der Waals surface area contributed by atoms with Gasteiger partial charge in [-0.1, -0.05) is 37.3 Å². The van der Waals surface area contributed by atoms with Crippen LogP contribution in [-0.2, 0) is 17.2 Å². The predicted molar refractivity (Wildman–Crippen MR) is 117 cm³/mol. The van der Waals surface area contributed by atoms with E-state index in [-0.39, 0.29) is 5.91 Å². The first-order valence-corrected chi connectivity index (χ1v) is 11.0. The van der Waals surface area contributed by atoms with Crippen LogP contribution in [0, 0.1) is 11.3 Å². The molecule has 1 amide bonds. The number of rotatable bonds is 8. The van der Waals surface area contributed by atoms with Crippen LogP contribution in [0.1, 0.15) is 35.0 Å². The van der Waals surface area contributed by atoms with E-state index >= 15 is 0 Å². The molecule has 2 aromatic carbocycles. The molecule has 1 unspecified atom stereocenters. The molecule has 0 spiro atoms. The van der Waals surface area contributed by atoms with Gasteiger partial charge in [0.1, 0.15) is 17.5 Å². The van der Waals surface area contributed by atoms with Crippen LogP contribution in [0.25, 0.3) is 5.69 Å². The molecule has 154 valence electrons. The maximum atomic E-state index is 12.5. The number of carbonyl (C=O) groups excluding carboxylic acids is 1. The van der Waals surface area contributed by atoms with E-state index in [4.69, 9.17) is 5.73 Å². The summed E-state index contributed by atoms with van der Waals surface area (Å²) < 4.78 is 13.7. The lowest BCUT2D eigenvalue weighted by molar-refractivity contribution is 0.0950. The third-order valence-electron chi connectivity index (χ3n) is 4.62. The van der Waals surface area contributed by atoms with Gasteiger partial charge in [0.25, 0.3) is 5.91 Å². The summed E-state index contributed by atoms with van der Waals surface area (Å²) in [7, 11) is -1.21. The molecule has 0 saturated heterocycles. The molecule has 1 aromatic heterocycles. The van der Waals surface area contributed by atoms with E-state index in [0.717, 1.165) is 5.69 Å². The quantitative estimate of drug-likeness (QED) is 0.543. The van der Waals surface area contributed by atoms with Crippen LogP contribution in [0.15, 0.2) is 59.5 Å². The molecule has 7 nitrogen and oxygen atoms in total. The number of carbonyl (C=O) groups is 1. The zero-order chi connectivity index (χ0) is 21.5. The topological polar surface area (TPSA) is 114 Å². The van der Waals surface area contributed by atoms with Crippen LogP contribution in [0.5, 0.6) is 0 Å². The van der Waals surface area contributed by atoms with Gasteiger partial charge in [0, 0.05) is 12.3 Å². The van der Waals surface area contributed by atoms with Gasteiger partial charge >= 0.3 is 0 Å². The van der Waals surface area contributed by atoms with Gasteiger partial charge in [-0.2, -0.15) is 10.4 Å². The minimum absolute atomic E-state index is 0.262. The number of para-hydroxylation sites is 1. The van der Waals surface area contributed by atoms with Gasteiger partial charge in [0.2, 0.25) is 0 Å². The van der Waals surface area contributed by atoms with Crippen molar-refractivity contribution >= 4 is 22.5 Å². The number of nitrogens with two attached hydrogens (primary N) is 1. The maximum Gasteiger partial charge on any atom is 0.252 e. The van der Waals surface area contributed by atoms with Crippen LogP contribution in [0.2, 0.25) is 0 Å². The number of nitriles is 1. The lowest BCUT2D eigenvalue weighted by atomic mass is 10.1. The number of nitrogen functional groups attached to an aromatic ring is 1. The smallest absolute Gasteiger partial charge is 0.252 e. The number of hydrogen-bond donors (Lipinski definition) is 2. The van der Waals surface area contributed by atoms with Crippen molar-refractivity contribution < 1.29 is 9.00 Å². The zero-order valence-corrected chi connectivity index (χ0v) is 17.5. The molecular formula is C22H23N5O2S. The molecule has 0 aliphatic rings. The van der Waals surface area contributed by atoms with Crippen molar-refractivity contribution in [3.05, 3.63) is 71.4 Å². The van der Waals surface area contributed by atoms with E-state index in [1.165, 1.54) is 0 Å². The number of aryl methyl sites for hydroxylation is 1. The molecule has 1 atom stereocenters. The minimum atomic E-state index is -1.21. The largest absolute Gasteiger partial charge is 0.382 e. The van der Waals surface area contributed by atoms with Crippen molar-refractivity contribution in [3.8, 4) is 11.8 Å². The summed E-state index contributed by atoms with van der Waals surface area (Å²) in [4.78, 5) is 13.1. The summed E-state index contributed by atoms with van der Waals surface area (Å²) in [5, 5.41) is 16.8. The van der Waals surface area contributed by atoms with E-state index in [1.54, 1.807) is 28.9 Å². The van der Waals surface area contributed by atoms with Crippen LogP contribution < -0.4 is 11.1 Å². The number of amides is 1. The number of nitrogens with one attached hydrogen (secondary N) is 1. The molecule has 3 aromatic rings. The molecule has 0 aliphatic carbocycles. The van der Waals surface area contributed by atoms with Gasteiger partial charge in [-0.15, -0.1) is 0 Å². The van der Waals surface area contributed by atoms with Crippen LogP contribution in [-0.4, -0.2) is 32.2 Å². The fourth-order valence-corrected chi connectivity index (χ4v) is 4.05. The molecule has 0 bridgehead atoms. The zero-order valence-electron chi connectivity index (χ0n) is 16.7. The van der Waals surface area contributed by atoms with Crippen molar-refractivity contribution in [1.82, 2.24) is 15.1 Å². The SMILES string of the molecule is CCS(=O)c1ccccc1C(=O)NCCCc1nn(-c2ccccc2)c(N)c1C#N. The van der Waals surface area contributed by atoms with Crippen LogP contribution in [0.4, 0.5) is 5.82 Å². The normalized spacial score (nSPS) is 11.6. The molecule has 0 aliphatic heterocycles. The second-order valence-corrected chi connectivity index (χ2v) is 8.26. The van der Waals surface area contributed by atoms with Crippen molar-refractivity contribution in [1.29, 1.82) is 5.26 Å². The fourth-order valence-electron chi connectivity index (χ4n) is 3.10. The highest BCUT2D eigenvalue weighted by Gasteiger charge is 2.17. The number of nitrogens with zero attached hydrogens (tertiary/aromatic N) is 3. The Hall–Kier alpha value is -3.44. The van der Waals surface area contributed by atoms with Gasteiger partial charge in [-0.25, -0.2) is 4.68 Å². The first kappa shape index (κ1) is 21.3. The third-order valence-corrected chi connectivity index (χ3v) is 5.99. The summed E-state index contributed by atoms with van der Waals surface area (Å²) >= 11 is 0. The van der Waals surface area contributed by atoms with E-state index in [2.05, 4.69) is 16.5 Å². The first-order valence-electron chi connectivity index (χ1n) is 9.65. The summed E-state index contributed by atoms with van der Waals surface area (Å²) in [5.41, 5.74) is 8.27. The second kappa shape index (κ2) is 9.85. The molecule has 8 heteroatoms. The lowest BCUT2D eigenvalue weighted by Crippen LogP contribution is -2.26. The summed E-state index contributed by atoms with van der Waals surface area (Å²) in [6.45, 7) is 2.22. The van der Waals surface area contributed by atoms with Gasteiger partial charge in [-0.3, -0.25) is 9.00 Å². The predicted octanol–water partition coefficient (Wildman–Crippen LogP) is 2.82. The molecule has 0 radical (unpaired) electrons. The fraction of sp³-hybridized carbons (Fsp3) is 0.227. The molecule has 30 heavy (non-hydrogen) atoms. The number of benzene rings is 2. The summed E-state index contributed by atoms with van der Waals surface area (Å²) in [6, 6.07) is 18.4. The molecule has 0 saturated carbocycles. The average molecular weight is 422 g/mol. The van der Waals surface area contributed by atoms with Crippen LogP contribution in [0.3, 0.4) is 0 Å². The molecule has 3 N–H and O–H groups in total. The van der Waals surface area contributed by atoms with Crippen molar-refractivity contribution in [2.24, 2.45) is 0 Å². The Morgan fingerprint density at radius 3 is 2.60 bits per heavy atom. The van der Waals surface area contributed by atoms with Gasteiger partial charge in [0.15, 0.2) is 0 Å². The Bertz CT molecular complexity index is 1100. The highest BCUT2D eigenvalue weighted by atomic mass is 32.2. The maximum absolute atomic E-state index is 12.5. The second-order valence-electron chi connectivity index (χ2n) is 6.56. The molecule has 1 heterocycles. The molecule has 0 fully saturated rings. The van der Waals surface area contributed by atoms with E-state index in [0.29, 0.717) is 52.7 Å². The van der Waals surface area contributed by atoms with Crippen molar-refractivity contribution in [3.63, 3.8) is 0 Å². The van der Waals surface area contributed by atoms with E-state index < -0.39 is 10.8 Å². The number of hydrogen-bond acceptors (Lipinski definition) is 5. The van der Waals surface area contributed by atoms with Crippen molar-refractivity contribution in [2.75, 3.05) is 18.0 Å². The molecular weight excluding hydrogens is 398 g/mol. The van der Waals surface area contributed by atoms with E-state index in [1.807, 2.05) is 37.3 Å². The Labute approximate surface area is 178 Å². The van der Waals surface area contributed by atoms with Gasteiger partial charge in [-0.05, 0) is 37.1 Å². The Morgan fingerprint density at radius 1 is 1.20 bits per heavy atom.